The highest BCUT2D eigenvalue weighted by Gasteiger charge is 2.45. The van der Waals surface area contributed by atoms with Crippen molar-refractivity contribution in [3.05, 3.63) is 0 Å². The molecule has 4 fully saturated rings. The third-order valence-corrected chi connectivity index (χ3v) is 8.16. The number of rotatable bonds is 6. The molecule has 0 bridgehead atoms. The number of carbonyl (C=O) groups is 2. The smallest absolute Gasteiger partial charge is 0.242 e. The summed E-state index contributed by atoms with van der Waals surface area (Å²) in [5.41, 5.74) is 0. The predicted molar refractivity (Wildman–Crippen MR) is 152 cm³/mol. The van der Waals surface area contributed by atoms with Crippen molar-refractivity contribution in [1.82, 2.24) is 20.0 Å². The Morgan fingerprint density at radius 1 is 1.03 bits per heavy atom. The van der Waals surface area contributed by atoms with Crippen molar-refractivity contribution < 1.29 is 19.1 Å². The first-order valence-corrected chi connectivity index (χ1v) is 15.3. The fourth-order valence-electron chi connectivity index (χ4n) is 6.01. The lowest BCUT2D eigenvalue weighted by Crippen LogP contribution is -2.60. The van der Waals surface area contributed by atoms with E-state index in [1.54, 1.807) is 4.90 Å². The molecule has 4 rings (SSSR count). The molecule has 0 aliphatic carbocycles. The maximum Gasteiger partial charge on any atom is 0.242 e. The average molecular weight is 537 g/mol. The summed E-state index contributed by atoms with van der Waals surface area (Å²) >= 11 is 0. The van der Waals surface area contributed by atoms with Crippen molar-refractivity contribution in [1.29, 1.82) is 0 Å². The first-order valence-electron chi connectivity index (χ1n) is 15.3. The normalized spacial score (nSPS) is 31.6. The number of piperidine rings is 2. The molecule has 4 heterocycles. The van der Waals surface area contributed by atoms with E-state index in [-0.39, 0.29) is 30.4 Å². The van der Waals surface area contributed by atoms with Crippen LogP contribution in [0.15, 0.2) is 0 Å². The molecule has 8 nitrogen and oxygen atoms in total. The van der Waals surface area contributed by atoms with Crippen LogP contribution >= 0.6 is 0 Å². The summed E-state index contributed by atoms with van der Waals surface area (Å²) < 4.78 is 12.7. The number of ether oxygens (including phenoxy) is 2. The lowest BCUT2D eigenvalue weighted by atomic mass is 9.94. The van der Waals surface area contributed by atoms with Crippen LogP contribution in [0.5, 0.6) is 0 Å². The van der Waals surface area contributed by atoms with E-state index in [2.05, 4.69) is 58.7 Å². The van der Waals surface area contributed by atoms with Crippen molar-refractivity contribution in [2.75, 3.05) is 59.0 Å². The molecule has 4 aliphatic heterocycles. The summed E-state index contributed by atoms with van der Waals surface area (Å²) in [6.07, 6.45) is 4.77. The van der Waals surface area contributed by atoms with Crippen molar-refractivity contribution >= 4 is 11.8 Å². The van der Waals surface area contributed by atoms with Crippen LogP contribution in [0, 0.1) is 23.7 Å². The van der Waals surface area contributed by atoms with E-state index in [4.69, 9.17) is 9.47 Å². The molecule has 220 valence electrons. The molecule has 2 atom stereocenters. The van der Waals surface area contributed by atoms with Gasteiger partial charge in [0.25, 0.3) is 0 Å². The Kier molecular flexibility index (Phi) is 11.9. The zero-order chi connectivity index (χ0) is 27.9. The average Bonchev–Trinajstić information content (AvgIpc) is 2.84. The van der Waals surface area contributed by atoms with Gasteiger partial charge >= 0.3 is 0 Å². The van der Waals surface area contributed by atoms with Gasteiger partial charge in [0.2, 0.25) is 11.8 Å². The first-order chi connectivity index (χ1) is 18.0. The Balaban J connectivity index is 0.000000934. The third kappa shape index (κ3) is 9.17. The van der Waals surface area contributed by atoms with E-state index in [0.29, 0.717) is 37.8 Å². The lowest BCUT2D eigenvalue weighted by molar-refractivity contribution is -0.303. The molecule has 0 aromatic carbocycles. The minimum atomic E-state index is -0.559. The Hall–Kier alpha value is -1.22. The quantitative estimate of drug-likeness (QED) is 0.559. The largest absolute Gasteiger partial charge is 0.349 e. The van der Waals surface area contributed by atoms with Crippen LogP contribution in [0.25, 0.3) is 0 Å². The van der Waals surface area contributed by atoms with E-state index in [1.165, 1.54) is 25.9 Å². The van der Waals surface area contributed by atoms with E-state index in [9.17, 15) is 9.59 Å². The second-order valence-corrected chi connectivity index (χ2v) is 13.4. The van der Waals surface area contributed by atoms with Gasteiger partial charge in [0.05, 0.1) is 25.8 Å². The van der Waals surface area contributed by atoms with Gasteiger partial charge in [-0.2, -0.15) is 0 Å². The van der Waals surface area contributed by atoms with E-state index >= 15 is 0 Å². The molecule has 4 saturated heterocycles. The summed E-state index contributed by atoms with van der Waals surface area (Å²) in [5.74, 6) is 2.08. The highest BCUT2D eigenvalue weighted by molar-refractivity contribution is 5.88. The molecule has 38 heavy (non-hydrogen) atoms. The van der Waals surface area contributed by atoms with Gasteiger partial charge in [-0.3, -0.25) is 9.59 Å². The fraction of sp³-hybridized carbons (Fsp3) is 0.933. The summed E-state index contributed by atoms with van der Waals surface area (Å²) in [4.78, 5) is 32.2. The molecule has 0 saturated carbocycles. The maximum atomic E-state index is 13.1. The minimum absolute atomic E-state index is 0.0332. The number of nitrogens with one attached hydrogen (secondary N) is 1. The van der Waals surface area contributed by atoms with Crippen molar-refractivity contribution in [3.8, 4) is 0 Å². The number of piperazine rings is 1. The van der Waals surface area contributed by atoms with Crippen molar-refractivity contribution in [2.45, 2.75) is 98.4 Å². The summed E-state index contributed by atoms with van der Waals surface area (Å²) in [6, 6.07) is -0.139. The van der Waals surface area contributed by atoms with Gasteiger partial charge in [-0.25, -0.2) is 0 Å². The topological polar surface area (TPSA) is 74.3 Å². The number of hydrogen-bond donors (Lipinski definition) is 1. The molecule has 1 N–H and O–H groups in total. The van der Waals surface area contributed by atoms with Crippen molar-refractivity contribution in [3.63, 3.8) is 0 Å². The molecular formula is C30H56N4O4. The van der Waals surface area contributed by atoms with Crippen LogP contribution < -0.4 is 5.32 Å². The summed E-state index contributed by atoms with van der Waals surface area (Å²) in [6.45, 7) is 22.2. The lowest BCUT2D eigenvalue weighted by Gasteiger charge is -2.48. The Morgan fingerprint density at radius 3 is 2.24 bits per heavy atom. The minimum Gasteiger partial charge on any atom is -0.349 e. The molecule has 2 amide bonds. The van der Waals surface area contributed by atoms with Crippen LogP contribution in [-0.4, -0.2) is 103 Å². The summed E-state index contributed by atoms with van der Waals surface area (Å²) in [7, 11) is 0. The number of amides is 2. The fourth-order valence-corrected chi connectivity index (χ4v) is 6.01. The van der Waals surface area contributed by atoms with Crippen LogP contribution in [0.3, 0.4) is 0 Å². The van der Waals surface area contributed by atoms with Gasteiger partial charge in [0.1, 0.15) is 0 Å². The molecule has 0 radical (unpaired) electrons. The van der Waals surface area contributed by atoms with Gasteiger partial charge in [0, 0.05) is 51.0 Å². The zero-order valence-corrected chi connectivity index (χ0v) is 25.3. The predicted octanol–water partition coefficient (Wildman–Crippen LogP) is 3.60. The van der Waals surface area contributed by atoms with Crippen LogP contribution in [0.2, 0.25) is 0 Å². The maximum absolute atomic E-state index is 13.1. The van der Waals surface area contributed by atoms with E-state index < -0.39 is 5.79 Å². The van der Waals surface area contributed by atoms with E-state index in [1.807, 2.05) is 4.90 Å². The highest BCUT2D eigenvalue weighted by Crippen LogP contribution is 2.35. The van der Waals surface area contributed by atoms with Crippen LogP contribution in [-0.2, 0) is 19.1 Å². The second kappa shape index (κ2) is 14.4. The Bertz CT molecular complexity index is 742. The van der Waals surface area contributed by atoms with Gasteiger partial charge in [-0.05, 0) is 57.0 Å². The number of nitrogens with zero attached hydrogens (tertiary/aromatic N) is 3. The van der Waals surface area contributed by atoms with Gasteiger partial charge in [-0.1, -0.05) is 41.5 Å². The van der Waals surface area contributed by atoms with Crippen molar-refractivity contribution in [2.24, 2.45) is 23.7 Å². The van der Waals surface area contributed by atoms with Gasteiger partial charge < -0.3 is 29.5 Å². The van der Waals surface area contributed by atoms with Gasteiger partial charge in [0.15, 0.2) is 5.79 Å². The number of hydrogen-bond acceptors (Lipinski definition) is 6. The molecule has 2 unspecified atom stereocenters. The van der Waals surface area contributed by atoms with Crippen LogP contribution in [0.1, 0.15) is 80.6 Å². The molecule has 8 heteroatoms. The highest BCUT2D eigenvalue weighted by atomic mass is 16.7. The Labute approximate surface area is 232 Å². The standard InChI is InChI=1S/C26H46N4O4.C4H10/c1-19(2)13-23-25(32)29(12-8-27-23)16-24(31)30-11-7-26(14-21(30)4)33-17-22(18-34-26)15-28-9-5-20(3)6-10-28;1-4(2)3/h19-23,27H,5-18H2,1-4H3;4H,1-3H3. The van der Waals surface area contributed by atoms with E-state index in [0.717, 1.165) is 44.6 Å². The molecule has 0 aromatic rings. The third-order valence-electron chi connectivity index (χ3n) is 8.16. The first kappa shape index (κ1) is 31.3. The molecule has 1 spiro atoms. The monoisotopic (exact) mass is 536 g/mol. The SMILES string of the molecule is CC(C)C.CC(C)CC1NCCN(CC(=O)N2CCC3(CC2C)OCC(CN2CCC(C)CC2)CO3)C1=O. The molecule has 4 aliphatic rings. The second-order valence-electron chi connectivity index (χ2n) is 13.4. The summed E-state index contributed by atoms with van der Waals surface area (Å²) in [5, 5.41) is 3.31. The zero-order valence-electron chi connectivity index (χ0n) is 25.3. The number of carbonyl (C=O) groups excluding carboxylic acids is 2. The van der Waals surface area contributed by atoms with Gasteiger partial charge in [-0.15, -0.1) is 0 Å². The number of likely N-dealkylation sites (tertiary alicyclic amines) is 2. The molecule has 0 aromatic heterocycles. The Morgan fingerprint density at radius 2 is 1.66 bits per heavy atom. The van der Waals surface area contributed by atoms with Crippen LogP contribution in [0.4, 0.5) is 0 Å². The molecular weight excluding hydrogens is 480 g/mol.